The highest BCUT2D eigenvalue weighted by molar-refractivity contribution is 7.35. The Bertz CT molecular complexity index is 177. The number of hydrogen-bond acceptors (Lipinski definition) is 2. The van der Waals surface area contributed by atoms with E-state index < -0.39 is 0 Å². The second-order valence-electron chi connectivity index (χ2n) is 4.08. The van der Waals surface area contributed by atoms with Crippen molar-refractivity contribution in [1.29, 1.82) is 0 Å². The molecule has 0 spiro atoms. The molecule has 4 heteroatoms. The Labute approximate surface area is 82.9 Å². The van der Waals surface area contributed by atoms with Gasteiger partial charge in [0.1, 0.15) is 0 Å². The lowest BCUT2D eigenvalue weighted by molar-refractivity contribution is -0.130. The molecule has 13 heavy (non-hydrogen) atoms. The van der Waals surface area contributed by atoms with Gasteiger partial charge in [-0.2, -0.15) is 0 Å². The van der Waals surface area contributed by atoms with Gasteiger partial charge < -0.3 is 10.4 Å². The molecule has 2 atom stereocenters. The second kappa shape index (κ2) is 4.92. The molecular weight excluding hydrogens is 183 g/mol. The maximum Gasteiger partial charge on any atom is 0.242 e. The molecular formula is C9H21N2OP. The maximum absolute atomic E-state index is 11.8. The van der Waals surface area contributed by atoms with Crippen molar-refractivity contribution in [3.8, 4) is 0 Å². The molecule has 0 saturated carbocycles. The minimum absolute atomic E-state index is 0.0656. The van der Waals surface area contributed by atoms with E-state index in [0.717, 1.165) is 0 Å². The summed E-state index contributed by atoms with van der Waals surface area (Å²) in [4.78, 5) is 11.8. The van der Waals surface area contributed by atoms with E-state index in [1.165, 1.54) is 0 Å². The molecule has 0 rings (SSSR count). The summed E-state index contributed by atoms with van der Waals surface area (Å²) in [6, 6.07) is -0.341. The quantitative estimate of drug-likeness (QED) is 0.709. The molecule has 0 aromatic rings. The van der Waals surface area contributed by atoms with E-state index in [1.807, 2.05) is 39.0 Å². The molecule has 0 radical (unpaired) electrons. The SMILES string of the molecule is CCC(N)C(=O)N(PC)C(C)(C)C. The molecule has 0 aliphatic heterocycles. The van der Waals surface area contributed by atoms with Crippen LogP contribution in [0, 0.1) is 0 Å². The van der Waals surface area contributed by atoms with Gasteiger partial charge in [-0.1, -0.05) is 6.92 Å². The highest BCUT2D eigenvalue weighted by Gasteiger charge is 2.27. The molecule has 0 saturated heterocycles. The highest BCUT2D eigenvalue weighted by atomic mass is 31.1. The molecule has 0 fully saturated rings. The Morgan fingerprint density at radius 3 is 2.23 bits per heavy atom. The zero-order chi connectivity index (χ0) is 10.6. The van der Waals surface area contributed by atoms with Crippen molar-refractivity contribution in [3.05, 3.63) is 0 Å². The first-order valence-electron chi connectivity index (χ1n) is 4.61. The lowest BCUT2D eigenvalue weighted by Crippen LogP contribution is -2.47. The Kier molecular flexibility index (Phi) is 4.87. The summed E-state index contributed by atoms with van der Waals surface area (Å²) >= 11 is 0. The molecule has 0 aromatic heterocycles. The first kappa shape index (κ1) is 12.9. The summed E-state index contributed by atoms with van der Waals surface area (Å²) < 4.78 is 1.85. The third kappa shape index (κ3) is 3.61. The maximum atomic E-state index is 11.8. The van der Waals surface area contributed by atoms with Crippen LogP contribution in [0.1, 0.15) is 34.1 Å². The van der Waals surface area contributed by atoms with Gasteiger partial charge in [-0.3, -0.25) is 4.79 Å². The highest BCUT2D eigenvalue weighted by Crippen LogP contribution is 2.26. The Morgan fingerprint density at radius 1 is 1.54 bits per heavy atom. The van der Waals surface area contributed by atoms with Gasteiger partial charge in [0.25, 0.3) is 0 Å². The van der Waals surface area contributed by atoms with Crippen molar-refractivity contribution in [2.75, 3.05) is 6.66 Å². The van der Waals surface area contributed by atoms with Crippen LogP contribution in [0.5, 0.6) is 0 Å². The lowest BCUT2D eigenvalue weighted by Gasteiger charge is -2.36. The minimum Gasteiger partial charge on any atom is -0.320 e. The van der Waals surface area contributed by atoms with Gasteiger partial charge in [0.15, 0.2) is 0 Å². The Morgan fingerprint density at radius 2 is 2.00 bits per heavy atom. The van der Waals surface area contributed by atoms with E-state index in [9.17, 15) is 4.79 Å². The van der Waals surface area contributed by atoms with Gasteiger partial charge in [0.05, 0.1) is 6.04 Å². The lowest BCUT2D eigenvalue weighted by atomic mass is 10.1. The van der Waals surface area contributed by atoms with E-state index in [4.69, 9.17) is 5.73 Å². The smallest absolute Gasteiger partial charge is 0.242 e. The Hall–Kier alpha value is -0.140. The zero-order valence-electron chi connectivity index (χ0n) is 9.22. The monoisotopic (exact) mass is 204 g/mol. The van der Waals surface area contributed by atoms with Crippen LogP contribution in [-0.4, -0.2) is 28.8 Å². The molecule has 0 aliphatic carbocycles. The fraction of sp³-hybridized carbons (Fsp3) is 0.889. The molecule has 78 valence electrons. The van der Waals surface area contributed by atoms with Crippen LogP contribution in [0.25, 0.3) is 0 Å². The van der Waals surface area contributed by atoms with Crippen molar-refractivity contribution in [3.63, 3.8) is 0 Å². The normalized spacial score (nSPS) is 14.9. The predicted molar refractivity (Wildman–Crippen MR) is 59.1 cm³/mol. The van der Waals surface area contributed by atoms with E-state index in [2.05, 4.69) is 0 Å². The van der Waals surface area contributed by atoms with Gasteiger partial charge in [-0.05, 0) is 42.6 Å². The third-order valence-corrected chi connectivity index (χ3v) is 3.21. The number of rotatable bonds is 3. The zero-order valence-corrected chi connectivity index (χ0v) is 10.2. The third-order valence-electron chi connectivity index (χ3n) is 1.87. The first-order valence-corrected chi connectivity index (χ1v) is 6.06. The van der Waals surface area contributed by atoms with E-state index in [1.54, 1.807) is 0 Å². The van der Waals surface area contributed by atoms with Crippen LogP contribution in [0.15, 0.2) is 0 Å². The van der Waals surface area contributed by atoms with Crippen LogP contribution in [0.2, 0.25) is 0 Å². The van der Waals surface area contributed by atoms with Crippen LogP contribution >= 0.6 is 8.73 Å². The summed E-state index contributed by atoms with van der Waals surface area (Å²) in [6.45, 7) is 10.0. The number of nitrogens with two attached hydrogens (primary N) is 1. The van der Waals surface area contributed by atoms with E-state index >= 15 is 0 Å². The molecule has 0 heterocycles. The largest absolute Gasteiger partial charge is 0.320 e. The van der Waals surface area contributed by atoms with Gasteiger partial charge in [-0.15, -0.1) is 0 Å². The average Bonchev–Trinajstić information content (AvgIpc) is 2.01. The Balaban J connectivity index is 4.51. The number of nitrogens with zero attached hydrogens (tertiary/aromatic N) is 1. The summed E-state index contributed by atoms with van der Waals surface area (Å²) in [5, 5.41) is 0. The predicted octanol–water partition coefficient (Wildman–Crippen LogP) is 1.57. The van der Waals surface area contributed by atoms with Gasteiger partial charge >= 0.3 is 0 Å². The van der Waals surface area contributed by atoms with Crippen molar-refractivity contribution < 1.29 is 4.79 Å². The second-order valence-corrected chi connectivity index (χ2v) is 4.98. The standard InChI is InChI=1S/C9H21N2OP/c1-6-7(10)8(12)11(13-5)9(2,3)4/h7,13H,6,10H2,1-5H3. The van der Waals surface area contributed by atoms with Crippen LogP contribution in [0.4, 0.5) is 0 Å². The molecule has 0 bridgehead atoms. The van der Waals surface area contributed by atoms with Crippen molar-refractivity contribution >= 4 is 14.6 Å². The summed E-state index contributed by atoms with van der Waals surface area (Å²) in [5.41, 5.74) is 5.59. The van der Waals surface area contributed by atoms with Crippen LogP contribution in [0.3, 0.4) is 0 Å². The molecule has 0 aliphatic rings. The van der Waals surface area contributed by atoms with Crippen LogP contribution in [-0.2, 0) is 4.79 Å². The van der Waals surface area contributed by atoms with Gasteiger partial charge in [-0.25, -0.2) is 0 Å². The minimum atomic E-state index is -0.341. The number of carbonyl (C=O) groups excluding carboxylic acids is 1. The molecule has 2 unspecified atom stereocenters. The fourth-order valence-corrected chi connectivity index (χ4v) is 2.17. The average molecular weight is 204 g/mol. The molecule has 1 amide bonds. The first-order chi connectivity index (χ1) is 5.84. The van der Waals surface area contributed by atoms with E-state index in [-0.39, 0.29) is 17.5 Å². The molecule has 2 N–H and O–H groups in total. The van der Waals surface area contributed by atoms with Gasteiger partial charge in [0.2, 0.25) is 5.91 Å². The van der Waals surface area contributed by atoms with E-state index in [0.29, 0.717) is 15.2 Å². The number of amides is 1. The summed E-state index contributed by atoms with van der Waals surface area (Å²) in [5.74, 6) is 0.0656. The topological polar surface area (TPSA) is 46.3 Å². The summed E-state index contributed by atoms with van der Waals surface area (Å²) in [6.07, 6.45) is 0.704. The van der Waals surface area contributed by atoms with Crippen molar-refractivity contribution in [2.24, 2.45) is 5.73 Å². The van der Waals surface area contributed by atoms with Crippen LogP contribution < -0.4 is 5.73 Å². The summed E-state index contributed by atoms with van der Waals surface area (Å²) in [7, 11) is 0.480. The molecule has 3 nitrogen and oxygen atoms in total. The van der Waals surface area contributed by atoms with Crippen molar-refractivity contribution in [1.82, 2.24) is 4.67 Å². The molecule has 0 aromatic carbocycles. The number of carbonyl (C=O) groups is 1. The fourth-order valence-electron chi connectivity index (χ4n) is 1.12. The van der Waals surface area contributed by atoms with Gasteiger partial charge in [0, 0.05) is 5.54 Å². The number of hydrogen-bond donors (Lipinski definition) is 1. The van der Waals surface area contributed by atoms with Crippen molar-refractivity contribution in [2.45, 2.75) is 45.7 Å².